The maximum absolute atomic E-state index is 13.3. The van der Waals surface area contributed by atoms with Crippen LogP contribution in [0, 0.1) is 6.92 Å². The number of anilines is 1. The average molecular weight is 471 g/mol. The first-order valence-electron chi connectivity index (χ1n) is 11.8. The van der Waals surface area contributed by atoms with Crippen molar-refractivity contribution in [2.75, 3.05) is 4.90 Å². The number of hydrogen-bond donors (Lipinski definition) is 1. The van der Waals surface area contributed by atoms with E-state index in [-0.39, 0.29) is 17.4 Å². The predicted octanol–water partition coefficient (Wildman–Crippen LogP) is 5.93. The molecule has 180 valence electrons. The highest BCUT2D eigenvalue weighted by atomic mass is 16.5. The van der Waals surface area contributed by atoms with Gasteiger partial charge < -0.3 is 9.84 Å². The lowest BCUT2D eigenvalue weighted by Gasteiger charge is -2.25. The van der Waals surface area contributed by atoms with Crippen LogP contribution in [0.5, 0.6) is 5.75 Å². The average Bonchev–Trinajstić information content (AvgIpc) is 3.10. The highest BCUT2D eigenvalue weighted by Crippen LogP contribution is 2.42. The van der Waals surface area contributed by atoms with E-state index in [0.29, 0.717) is 28.5 Å². The largest absolute Gasteiger partial charge is 0.507 e. The number of rotatable bonds is 6. The zero-order valence-electron chi connectivity index (χ0n) is 20.6. The van der Waals surface area contributed by atoms with Gasteiger partial charge in [-0.2, -0.15) is 0 Å². The number of pyridine rings is 1. The standard InChI is InChI=1S/C29H30N2O4/c1-17(2)20-8-11-23(12-9-20)31-26(22-7-6-14-30-16-22)25(28(33)29(31)34)27(32)21-10-13-24(19(5)15-21)35-18(3)4/h6-18,26,32H,1-5H3/b27-25-. The molecule has 0 spiro atoms. The van der Waals surface area contributed by atoms with Crippen LogP contribution in [0.3, 0.4) is 0 Å². The molecule has 0 saturated carbocycles. The fourth-order valence-electron chi connectivity index (χ4n) is 4.31. The molecule has 4 rings (SSSR count). The molecule has 1 amide bonds. The van der Waals surface area contributed by atoms with Crippen molar-refractivity contribution in [3.63, 3.8) is 0 Å². The zero-order valence-corrected chi connectivity index (χ0v) is 20.6. The molecule has 35 heavy (non-hydrogen) atoms. The quantitative estimate of drug-likeness (QED) is 0.275. The van der Waals surface area contributed by atoms with Crippen molar-refractivity contribution >= 4 is 23.1 Å². The number of aliphatic hydroxyl groups excluding tert-OH is 1. The summed E-state index contributed by atoms with van der Waals surface area (Å²) in [6.45, 7) is 9.95. The second-order valence-corrected chi connectivity index (χ2v) is 9.35. The molecular formula is C29H30N2O4. The van der Waals surface area contributed by atoms with Crippen LogP contribution in [-0.4, -0.2) is 27.9 Å². The van der Waals surface area contributed by atoms with Gasteiger partial charge in [-0.3, -0.25) is 19.5 Å². The Bertz CT molecular complexity index is 1280. The van der Waals surface area contributed by atoms with Crippen LogP contribution < -0.4 is 9.64 Å². The number of hydrogen-bond acceptors (Lipinski definition) is 5. The zero-order chi connectivity index (χ0) is 25.3. The smallest absolute Gasteiger partial charge is 0.300 e. The van der Waals surface area contributed by atoms with Gasteiger partial charge in [-0.15, -0.1) is 0 Å². The molecule has 6 nitrogen and oxygen atoms in total. The number of Topliss-reactive ketones (excluding diaryl/α,β-unsaturated/α-hetero) is 1. The third kappa shape index (κ3) is 4.69. The molecule has 1 N–H and O–H groups in total. The molecule has 2 heterocycles. The number of aliphatic hydroxyl groups is 1. The van der Waals surface area contributed by atoms with Crippen LogP contribution in [0.4, 0.5) is 5.69 Å². The summed E-state index contributed by atoms with van der Waals surface area (Å²) in [6, 6.07) is 15.6. The van der Waals surface area contributed by atoms with E-state index in [4.69, 9.17) is 4.74 Å². The fraction of sp³-hybridized carbons (Fsp3) is 0.276. The minimum atomic E-state index is -0.805. The van der Waals surface area contributed by atoms with Gasteiger partial charge in [0.1, 0.15) is 11.5 Å². The molecule has 1 unspecified atom stereocenters. The van der Waals surface area contributed by atoms with Crippen LogP contribution >= 0.6 is 0 Å². The van der Waals surface area contributed by atoms with Crippen LogP contribution in [0.2, 0.25) is 0 Å². The Morgan fingerprint density at radius 2 is 1.74 bits per heavy atom. The first-order valence-corrected chi connectivity index (χ1v) is 11.8. The molecule has 3 aromatic rings. The van der Waals surface area contributed by atoms with Crippen LogP contribution in [0.1, 0.15) is 61.9 Å². The Hall–Kier alpha value is -3.93. The number of ether oxygens (including phenoxy) is 1. The van der Waals surface area contributed by atoms with Gasteiger partial charge in [-0.1, -0.05) is 32.0 Å². The van der Waals surface area contributed by atoms with Crippen LogP contribution in [-0.2, 0) is 9.59 Å². The summed E-state index contributed by atoms with van der Waals surface area (Å²) in [5.74, 6) is -0.609. The highest BCUT2D eigenvalue weighted by Gasteiger charge is 2.47. The van der Waals surface area contributed by atoms with Crippen molar-refractivity contribution in [3.8, 4) is 5.75 Å². The number of aromatic nitrogens is 1. The molecule has 0 bridgehead atoms. The number of carbonyl (C=O) groups excluding carboxylic acids is 2. The molecule has 1 fully saturated rings. The van der Waals surface area contributed by atoms with Gasteiger partial charge in [0.25, 0.3) is 11.7 Å². The van der Waals surface area contributed by atoms with Crippen molar-refractivity contribution in [3.05, 3.63) is 94.8 Å². The monoisotopic (exact) mass is 470 g/mol. The summed E-state index contributed by atoms with van der Waals surface area (Å²) < 4.78 is 5.80. The summed E-state index contributed by atoms with van der Waals surface area (Å²) >= 11 is 0. The van der Waals surface area contributed by atoms with E-state index in [0.717, 1.165) is 11.1 Å². The van der Waals surface area contributed by atoms with Gasteiger partial charge in [-0.05, 0) is 79.8 Å². The Labute approximate surface area is 205 Å². The van der Waals surface area contributed by atoms with E-state index in [1.165, 1.54) is 4.90 Å². The third-order valence-corrected chi connectivity index (χ3v) is 6.09. The second-order valence-electron chi connectivity index (χ2n) is 9.35. The van der Waals surface area contributed by atoms with Crippen molar-refractivity contribution in [2.24, 2.45) is 0 Å². The van der Waals surface area contributed by atoms with E-state index < -0.39 is 17.7 Å². The number of carbonyl (C=O) groups is 2. The van der Waals surface area contributed by atoms with E-state index in [1.807, 2.05) is 45.0 Å². The van der Waals surface area contributed by atoms with E-state index in [1.54, 1.807) is 42.7 Å². The fourth-order valence-corrected chi connectivity index (χ4v) is 4.31. The molecule has 1 saturated heterocycles. The van der Waals surface area contributed by atoms with Gasteiger partial charge in [0.05, 0.1) is 17.7 Å². The van der Waals surface area contributed by atoms with Gasteiger partial charge in [0.2, 0.25) is 0 Å². The molecule has 1 aliphatic rings. The van der Waals surface area contributed by atoms with E-state index >= 15 is 0 Å². The van der Waals surface area contributed by atoms with E-state index in [9.17, 15) is 14.7 Å². The molecule has 1 aromatic heterocycles. The topological polar surface area (TPSA) is 79.7 Å². The molecule has 1 atom stereocenters. The lowest BCUT2D eigenvalue weighted by molar-refractivity contribution is -0.132. The SMILES string of the molecule is Cc1cc(/C(O)=C2/C(=O)C(=O)N(c3ccc(C(C)C)cc3)C2c2cccnc2)ccc1OC(C)C. The Kier molecular flexibility index (Phi) is 6.74. The predicted molar refractivity (Wildman–Crippen MR) is 136 cm³/mol. The van der Waals surface area contributed by atoms with Gasteiger partial charge >= 0.3 is 0 Å². The lowest BCUT2D eigenvalue weighted by atomic mass is 9.95. The Balaban J connectivity index is 1.85. The molecule has 0 aliphatic carbocycles. The molecule has 2 aromatic carbocycles. The summed E-state index contributed by atoms with van der Waals surface area (Å²) in [6.07, 6.45) is 3.25. The normalized spacial score (nSPS) is 17.5. The third-order valence-electron chi connectivity index (χ3n) is 6.09. The first kappa shape index (κ1) is 24.2. The maximum atomic E-state index is 13.3. The van der Waals surface area contributed by atoms with Crippen LogP contribution in [0.25, 0.3) is 5.76 Å². The van der Waals surface area contributed by atoms with Gasteiger partial charge in [0, 0.05) is 23.6 Å². The first-order chi connectivity index (χ1) is 16.7. The highest BCUT2D eigenvalue weighted by molar-refractivity contribution is 6.51. The maximum Gasteiger partial charge on any atom is 0.300 e. The number of nitrogens with zero attached hydrogens (tertiary/aromatic N) is 2. The molecular weight excluding hydrogens is 440 g/mol. The Morgan fingerprint density at radius 3 is 2.31 bits per heavy atom. The number of ketones is 1. The second kappa shape index (κ2) is 9.74. The molecule has 6 heteroatoms. The lowest BCUT2D eigenvalue weighted by Crippen LogP contribution is -2.29. The summed E-state index contributed by atoms with van der Waals surface area (Å²) in [4.78, 5) is 32.2. The number of amides is 1. The summed E-state index contributed by atoms with van der Waals surface area (Å²) in [5.41, 5.74) is 3.65. The van der Waals surface area contributed by atoms with Crippen molar-refractivity contribution in [1.29, 1.82) is 0 Å². The summed E-state index contributed by atoms with van der Waals surface area (Å²) in [5, 5.41) is 11.3. The van der Waals surface area contributed by atoms with Gasteiger partial charge in [-0.25, -0.2) is 0 Å². The van der Waals surface area contributed by atoms with Crippen molar-refractivity contribution in [1.82, 2.24) is 4.98 Å². The van der Waals surface area contributed by atoms with Crippen molar-refractivity contribution in [2.45, 2.75) is 52.7 Å². The minimum absolute atomic E-state index is 0.00568. The van der Waals surface area contributed by atoms with Crippen molar-refractivity contribution < 1.29 is 19.4 Å². The Morgan fingerprint density at radius 1 is 1.03 bits per heavy atom. The van der Waals surface area contributed by atoms with E-state index in [2.05, 4.69) is 18.8 Å². The van der Waals surface area contributed by atoms with Gasteiger partial charge in [0.15, 0.2) is 0 Å². The summed E-state index contributed by atoms with van der Waals surface area (Å²) in [7, 11) is 0. The minimum Gasteiger partial charge on any atom is -0.507 e. The molecule has 0 radical (unpaired) electrons. The van der Waals surface area contributed by atoms with Crippen LogP contribution in [0.15, 0.2) is 72.6 Å². The number of benzene rings is 2. The molecule has 1 aliphatic heterocycles. The number of aryl methyl sites for hydroxylation is 1.